The number of hydrogen-bond donors (Lipinski definition) is 1. The van der Waals surface area contributed by atoms with E-state index in [9.17, 15) is 4.79 Å². The summed E-state index contributed by atoms with van der Waals surface area (Å²) in [5, 5.41) is 3.23. The quantitative estimate of drug-likeness (QED) is 0.867. The van der Waals surface area contributed by atoms with Crippen LogP contribution in [0.2, 0.25) is 0 Å². The second kappa shape index (κ2) is 8.50. The van der Waals surface area contributed by atoms with Crippen molar-refractivity contribution in [1.29, 1.82) is 0 Å². The predicted molar refractivity (Wildman–Crippen MR) is 107 cm³/mol. The molecule has 0 unspecified atom stereocenters. The topological polar surface area (TPSA) is 32.3 Å². The van der Waals surface area contributed by atoms with Gasteiger partial charge in [0.1, 0.15) is 0 Å². The number of aryl methyl sites for hydroxylation is 2. The Morgan fingerprint density at radius 3 is 2.46 bits per heavy atom. The molecule has 3 heteroatoms. The van der Waals surface area contributed by atoms with Crippen LogP contribution in [0.5, 0.6) is 0 Å². The highest BCUT2D eigenvalue weighted by Crippen LogP contribution is 2.22. The van der Waals surface area contributed by atoms with Gasteiger partial charge in [0.15, 0.2) is 0 Å². The molecule has 138 valence electrons. The Bertz CT molecular complexity index is 733. The third-order valence-corrected chi connectivity index (χ3v) is 5.46. The number of carbonyl (C=O) groups excluding carboxylic acids is 1. The zero-order valence-corrected chi connectivity index (χ0v) is 16.2. The van der Waals surface area contributed by atoms with Crippen molar-refractivity contribution >= 4 is 5.91 Å². The van der Waals surface area contributed by atoms with Gasteiger partial charge in [0.2, 0.25) is 5.91 Å². The summed E-state index contributed by atoms with van der Waals surface area (Å²) in [6.45, 7) is 9.26. The van der Waals surface area contributed by atoms with Gasteiger partial charge in [-0.3, -0.25) is 9.69 Å². The lowest BCUT2D eigenvalue weighted by atomic mass is 9.94. The van der Waals surface area contributed by atoms with Crippen molar-refractivity contribution in [3.8, 4) is 0 Å². The van der Waals surface area contributed by atoms with Crippen molar-refractivity contribution in [2.75, 3.05) is 13.1 Å². The van der Waals surface area contributed by atoms with Crippen LogP contribution in [-0.2, 0) is 11.3 Å². The van der Waals surface area contributed by atoms with Crippen LogP contribution in [-0.4, -0.2) is 23.9 Å². The summed E-state index contributed by atoms with van der Waals surface area (Å²) in [6.07, 6.45) is 1.89. The molecule has 1 aliphatic rings. The Hall–Kier alpha value is -2.13. The molecule has 0 aromatic heterocycles. The average Bonchev–Trinajstić information content (AvgIpc) is 2.63. The molecule has 0 spiro atoms. The second-order valence-electron chi connectivity index (χ2n) is 7.63. The molecule has 1 amide bonds. The van der Waals surface area contributed by atoms with Gasteiger partial charge in [-0.1, -0.05) is 54.1 Å². The number of likely N-dealkylation sites (tertiary alicyclic amines) is 1. The zero-order chi connectivity index (χ0) is 18.5. The molecule has 0 aliphatic carbocycles. The van der Waals surface area contributed by atoms with Gasteiger partial charge < -0.3 is 5.32 Å². The number of nitrogens with zero attached hydrogens (tertiary/aromatic N) is 1. The number of nitrogens with one attached hydrogen (secondary N) is 1. The van der Waals surface area contributed by atoms with E-state index in [0.717, 1.165) is 32.5 Å². The fourth-order valence-corrected chi connectivity index (χ4v) is 3.92. The molecular weight excluding hydrogens is 320 g/mol. The van der Waals surface area contributed by atoms with E-state index in [4.69, 9.17) is 0 Å². The van der Waals surface area contributed by atoms with Crippen molar-refractivity contribution in [2.45, 2.75) is 46.2 Å². The Morgan fingerprint density at radius 2 is 1.81 bits per heavy atom. The number of rotatable bonds is 5. The van der Waals surface area contributed by atoms with Gasteiger partial charge >= 0.3 is 0 Å². The van der Waals surface area contributed by atoms with Crippen molar-refractivity contribution in [3.05, 3.63) is 70.8 Å². The SMILES string of the molecule is Cc1ccc([C@@H](C)NC(=O)C2CCN(Cc3ccccc3)CC2)c(C)c1. The normalized spacial score (nSPS) is 17.0. The van der Waals surface area contributed by atoms with Crippen LogP contribution in [0.3, 0.4) is 0 Å². The van der Waals surface area contributed by atoms with E-state index in [1.807, 2.05) is 0 Å². The molecule has 2 aromatic carbocycles. The molecule has 1 atom stereocenters. The maximum absolute atomic E-state index is 12.7. The highest BCUT2D eigenvalue weighted by Gasteiger charge is 2.26. The minimum atomic E-state index is 0.0606. The monoisotopic (exact) mass is 350 g/mol. The Kier molecular flexibility index (Phi) is 6.10. The first-order valence-electron chi connectivity index (χ1n) is 9.66. The van der Waals surface area contributed by atoms with Crippen LogP contribution in [0.25, 0.3) is 0 Å². The van der Waals surface area contributed by atoms with Crippen LogP contribution in [0.4, 0.5) is 0 Å². The smallest absolute Gasteiger partial charge is 0.223 e. The molecule has 3 nitrogen and oxygen atoms in total. The minimum absolute atomic E-state index is 0.0606. The van der Waals surface area contributed by atoms with Gasteiger partial charge in [0.25, 0.3) is 0 Å². The largest absolute Gasteiger partial charge is 0.349 e. The molecule has 1 N–H and O–H groups in total. The molecule has 0 radical (unpaired) electrons. The molecule has 1 aliphatic heterocycles. The van der Waals surface area contributed by atoms with Crippen LogP contribution < -0.4 is 5.32 Å². The fraction of sp³-hybridized carbons (Fsp3) is 0.435. The highest BCUT2D eigenvalue weighted by molar-refractivity contribution is 5.79. The van der Waals surface area contributed by atoms with Gasteiger partial charge in [-0.2, -0.15) is 0 Å². The summed E-state index contributed by atoms with van der Waals surface area (Å²) < 4.78 is 0. The number of carbonyl (C=O) groups is 1. The summed E-state index contributed by atoms with van der Waals surface area (Å²) in [7, 11) is 0. The summed E-state index contributed by atoms with van der Waals surface area (Å²) >= 11 is 0. The first-order chi connectivity index (χ1) is 12.5. The maximum Gasteiger partial charge on any atom is 0.223 e. The Labute approximate surface area is 157 Å². The van der Waals surface area contributed by atoms with Gasteiger partial charge in [-0.25, -0.2) is 0 Å². The lowest BCUT2D eigenvalue weighted by Gasteiger charge is -2.32. The van der Waals surface area contributed by atoms with Crippen molar-refractivity contribution < 1.29 is 4.79 Å². The average molecular weight is 351 g/mol. The van der Waals surface area contributed by atoms with E-state index >= 15 is 0 Å². The lowest BCUT2D eigenvalue weighted by Crippen LogP contribution is -2.41. The van der Waals surface area contributed by atoms with E-state index < -0.39 is 0 Å². The van der Waals surface area contributed by atoms with E-state index in [-0.39, 0.29) is 17.9 Å². The van der Waals surface area contributed by atoms with Crippen LogP contribution in [0.1, 0.15) is 48.1 Å². The second-order valence-corrected chi connectivity index (χ2v) is 7.63. The van der Waals surface area contributed by atoms with Gasteiger partial charge in [0, 0.05) is 12.5 Å². The van der Waals surface area contributed by atoms with E-state index in [1.54, 1.807) is 0 Å². The summed E-state index contributed by atoms with van der Waals surface area (Å²) in [4.78, 5) is 15.1. The van der Waals surface area contributed by atoms with Crippen LogP contribution >= 0.6 is 0 Å². The molecule has 1 saturated heterocycles. The molecule has 0 saturated carbocycles. The van der Waals surface area contributed by atoms with Gasteiger partial charge in [-0.15, -0.1) is 0 Å². The van der Waals surface area contributed by atoms with Gasteiger partial charge in [0.05, 0.1) is 6.04 Å². The number of hydrogen-bond acceptors (Lipinski definition) is 2. The fourth-order valence-electron chi connectivity index (χ4n) is 3.92. The predicted octanol–water partition coefficient (Wildman–Crippen LogP) is 4.39. The number of amides is 1. The molecule has 2 aromatic rings. The van der Waals surface area contributed by atoms with Crippen LogP contribution in [0.15, 0.2) is 48.5 Å². The number of benzene rings is 2. The molecule has 1 heterocycles. The Balaban J connectivity index is 1.50. The molecular formula is C23H30N2O. The molecule has 1 fully saturated rings. The van der Waals surface area contributed by atoms with E-state index in [0.29, 0.717) is 0 Å². The standard InChI is InChI=1S/C23H30N2O/c1-17-9-10-22(18(2)15-17)19(3)24-23(26)21-11-13-25(14-12-21)16-20-7-5-4-6-8-20/h4-10,15,19,21H,11-14,16H2,1-3H3,(H,24,26)/t19-/m1/s1. The van der Waals surface area contributed by atoms with Crippen molar-refractivity contribution in [3.63, 3.8) is 0 Å². The van der Waals surface area contributed by atoms with E-state index in [1.165, 1.54) is 22.3 Å². The van der Waals surface area contributed by atoms with Crippen molar-refractivity contribution in [1.82, 2.24) is 10.2 Å². The highest BCUT2D eigenvalue weighted by atomic mass is 16.1. The molecule has 26 heavy (non-hydrogen) atoms. The van der Waals surface area contributed by atoms with Crippen molar-refractivity contribution in [2.24, 2.45) is 5.92 Å². The zero-order valence-electron chi connectivity index (χ0n) is 16.2. The summed E-state index contributed by atoms with van der Waals surface area (Å²) in [6, 6.07) is 17.1. The first-order valence-corrected chi connectivity index (χ1v) is 9.66. The third kappa shape index (κ3) is 4.73. The maximum atomic E-state index is 12.7. The van der Waals surface area contributed by atoms with Crippen LogP contribution in [0, 0.1) is 19.8 Å². The van der Waals surface area contributed by atoms with Gasteiger partial charge in [-0.05, 0) is 63.4 Å². The lowest BCUT2D eigenvalue weighted by molar-refractivity contribution is -0.127. The first kappa shape index (κ1) is 18.7. The summed E-state index contributed by atoms with van der Waals surface area (Å²) in [5.74, 6) is 0.340. The minimum Gasteiger partial charge on any atom is -0.349 e. The Morgan fingerprint density at radius 1 is 1.12 bits per heavy atom. The number of piperidine rings is 1. The van der Waals surface area contributed by atoms with E-state index in [2.05, 4.69) is 79.5 Å². The molecule has 3 rings (SSSR count). The summed E-state index contributed by atoms with van der Waals surface area (Å²) in [5.41, 5.74) is 5.07. The third-order valence-electron chi connectivity index (χ3n) is 5.46. The molecule has 0 bridgehead atoms.